The van der Waals surface area contributed by atoms with E-state index in [1.165, 1.54) is 28.9 Å². The van der Waals surface area contributed by atoms with Crippen LogP contribution >= 0.6 is 0 Å². The molecule has 158 valence electrons. The van der Waals surface area contributed by atoms with Crippen LogP contribution < -0.4 is 10.2 Å². The molecule has 1 aromatic carbocycles. The van der Waals surface area contributed by atoms with Gasteiger partial charge < -0.3 is 10.2 Å². The summed E-state index contributed by atoms with van der Waals surface area (Å²) in [6.07, 6.45) is 4.53. The van der Waals surface area contributed by atoms with Crippen molar-refractivity contribution in [2.75, 3.05) is 39.3 Å². The van der Waals surface area contributed by atoms with Crippen LogP contribution in [0.4, 0.5) is 4.39 Å². The van der Waals surface area contributed by atoms with Gasteiger partial charge in [0, 0.05) is 6.54 Å². The van der Waals surface area contributed by atoms with E-state index in [0.717, 1.165) is 30.2 Å². The molecular weight excluding hydrogens is 381 g/mol. The number of nitrogens with one attached hydrogen (secondary N) is 2. The van der Waals surface area contributed by atoms with Gasteiger partial charge in [0.2, 0.25) is 10.0 Å². The summed E-state index contributed by atoms with van der Waals surface area (Å²) >= 11 is 0. The third-order valence-electron chi connectivity index (χ3n) is 5.43. The van der Waals surface area contributed by atoms with E-state index in [1.807, 2.05) is 0 Å². The van der Waals surface area contributed by atoms with Crippen LogP contribution in [0.1, 0.15) is 39.5 Å². The van der Waals surface area contributed by atoms with Gasteiger partial charge in [-0.15, -0.1) is 0 Å². The summed E-state index contributed by atoms with van der Waals surface area (Å²) in [4.78, 5) is 13.0. The molecule has 0 bridgehead atoms. The number of rotatable bonds is 10. The number of hydrogen-bond donors (Lipinski definition) is 2. The number of piperazine rings is 1. The zero-order chi connectivity index (χ0) is 20.6. The molecule has 28 heavy (non-hydrogen) atoms. The second-order valence-corrected chi connectivity index (χ2v) is 9.39. The number of carbonyl (C=O) groups is 1. The Labute approximate surface area is 168 Å². The lowest BCUT2D eigenvalue weighted by molar-refractivity contribution is -0.895. The standard InChI is InChI=1S/C20H32FN3O3S/c1-3-5-8-17(4-2)15-22-20(25)16-23-11-13-24(14-12-23)28(26,27)19-10-7-6-9-18(19)21/h6-7,9-10,17H,3-5,8,11-16H2,1-2H3,(H,22,25)/p+1/t17-/m0/s1. The molecule has 0 aliphatic carbocycles. The molecule has 6 nitrogen and oxygen atoms in total. The molecule has 2 rings (SSSR count). The van der Waals surface area contributed by atoms with Crippen LogP contribution in [0.15, 0.2) is 29.2 Å². The van der Waals surface area contributed by atoms with Crippen LogP contribution in [-0.4, -0.2) is 57.9 Å². The average molecular weight is 415 g/mol. The summed E-state index contributed by atoms with van der Waals surface area (Å²) in [5, 5.41) is 3.02. The van der Waals surface area contributed by atoms with Gasteiger partial charge in [-0.3, -0.25) is 4.79 Å². The first-order valence-electron chi connectivity index (χ1n) is 10.2. The fourth-order valence-corrected chi connectivity index (χ4v) is 5.01. The Hall–Kier alpha value is -1.51. The average Bonchev–Trinajstić information content (AvgIpc) is 2.69. The minimum atomic E-state index is -3.83. The first kappa shape index (κ1) is 22.8. The van der Waals surface area contributed by atoms with Gasteiger partial charge in [-0.2, -0.15) is 4.31 Å². The molecular formula is C20H33FN3O3S+. The third kappa shape index (κ3) is 6.25. The fourth-order valence-electron chi connectivity index (χ4n) is 3.50. The van der Waals surface area contributed by atoms with Crippen molar-refractivity contribution in [2.24, 2.45) is 5.92 Å². The smallest absolute Gasteiger partial charge is 0.275 e. The van der Waals surface area contributed by atoms with Crippen LogP contribution in [0, 0.1) is 11.7 Å². The van der Waals surface area contributed by atoms with Crippen LogP contribution in [0.5, 0.6) is 0 Å². The predicted octanol–water partition coefficient (Wildman–Crippen LogP) is 1.05. The van der Waals surface area contributed by atoms with Crippen molar-refractivity contribution in [1.82, 2.24) is 9.62 Å². The van der Waals surface area contributed by atoms with Crippen molar-refractivity contribution in [3.05, 3.63) is 30.1 Å². The number of carbonyl (C=O) groups excluding carboxylic acids is 1. The fraction of sp³-hybridized carbons (Fsp3) is 0.650. The van der Waals surface area contributed by atoms with E-state index in [-0.39, 0.29) is 23.9 Å². The molecule has 2 N–H and O–H groups in total. The Kier molecular flexibility index (Phi) is 8.85. The van der Waals surface area contributed by atoms with Crippen molar-refractivity contribution < 1.29 is 22.5 Å². The molecule has 8 heteroatoms. The van der Waals surface area contributed by atoms with Gasteiger partial charge in [-0.1, -0.05) is 45.2 Å². The number of unbranched alkanes of at least 4 members (excludes halogenated alkanes) is 1. The van der Waals surface area contributed by atoms with Crippen molar-refractivity contribution in [3.63, 3.8) is 0 Å². The van der Waals surface area contributed by atoms with E-state index in [1.54, 1.807) is 0 Å². The molecule has 0 unspecified atom stereocenters. The number of halogens is 1. The summed E-state index contributed by atoms with van der Waals surface area (Å²) < 4.78 is 40.5. The van der Waals surface area contributed by atoms with E-state index in [2.05, 4.69) is 19.2 Å². The van der Waals surface area contributed by atoms with Crippen LogP contribution in [0.3, 0.4) is 0 Å². The summed E-state index contributed by atoms with van der Waals surface area (Å²) in [7, 11) is -3.83. The highest BCUT2D eigenvalue weighted by Gasteiger charge is 2.32. The summed E-state index contributed by atoms with van der Waals surface area (Å²) in [6, 6.07) is 5.44. The second-order valence-electron chi connectivity index (χ2n) is 7.48. The molecule has 1 aromatic rings. The monoisotopic (exact) mass is 414 g/mol. The number of quaternary nitrogens is 1. The van der Waals surface area contributed by atoms with Crippen LogP contribution in [-0.2, 0) is 14.8 Å². The molecule has 1 aliphatic rings. The Morgan fingerprint density at radius 3 is 2.54 bits per heavy atom. The highest BCUT2D eigenvalue weighted by atomic mass is 32.2. The molecule has 0 radical (unpaired) electrons. The topological polar surface area (TPSA) is 70.9 Å². The van der Waals surface area contributed by atoms with Gasteiger partial charge in [0.05, 0.1) is 26.2 Å². The maximum Gasteiger partial charge on any atom is 0.275 e. The SMILES string of the molecule is CCCC[C@H](CC)CNC(=O)C[NH+]1CCN(S(=O)(=O)c2ccccc2F)CC1. The van der Waals surface area contributed by atoms with Gasteiger partial charge in [-0.05, 0) is 24.5 Å². The van der Waals surface area contributed by atoms with Gasteiger partial charge in [0.25, 0.3) is 5.91 Å². The van der Waals surface area contributed by atoms with Crippen molar-refractivity contribution in [1.29, 1.82) is 0 Å². The maximum atomic E-state index is 13.9. The molecule has 0 saturated carbocycles. The zero-order valence-electron chi connectivity index (χ0n) is 16.9. The molecule has 1 heterocycles. The quantitative estimate of drug-likeness (QED) is 0.601. The van der Waals surface area contributed by atoms with Gasteiger partial charge >= 0.3 is 0 Å². The highest BCUT2D eigenvalue weighted by Crippen LogP contribution is 2.18. The molecule has 0 spiro atoms. The van der Waals surface area contributed by atoms with Crippen molar-refractivity contribution in [2.45, 2.75) is 44.4 Å². The molecule has 1 aliphatic heterocycles. The molecule has 1 amide bonds. The minimum absolute atomic E-state index is 0.00959. The van der Waals surface area contributed by atoms with Crippen LogP contribution in [0.2, 0.25) is 0 Å². The number of nitrogens with zero attached hydrogens (tertiary/aromatic N) is 1. The third-order valence-corrected chi connectivity index (χ3v) is 7.36. The van der Waals surface area contributed by atoms with Crippen LogP contribution in [0.25, 0.3) is 0 Å². The summed E-state index contributed by atoms with van der Waals surface area (Å²) in [5.41, 5.74) is 0. The number of benzene rings is 1. The predicted molar refractivity (Wildman–Crippen MR) is 107 cm³/mol. The van der Waals surface area contributed by atoms with Crippen molar-refractivity contribution >= 4 is 15.9 Å². The van der Waals surface area contributed by atoms with E-state index in [0.29, 0.717) is 32.1 Å². The van der Waals surface area contributed by atoms with E-state index >= 15 is 0 Å². The Morgan fingerprint density at radius 1 is 1.25 bits per heavy atom. The molecule has 1 atom stereocenters. The molecule has 1 fully saturated rings. The largest absolute Gasteiger partial charge is 0.351 e. The Bertz CT molecular complexity index is 734. The van der Waals surface area contributed by atoms with E-state index < -0.39 is 15.8 Å². The van der Waals surface area contributed by atoms with Gasteiger partial charge in [0.15, 0.2) is 6.54 Å². The van der Waals surface area contributed by atoms with E-state index in [4.69, 9.17) is 0 Å². The normalized spacial score (nSPS) is 17.4. The first-order chi connectivity index (χ1) is 13.4. The van der Waals surface area contributed by atoms with Gasteiger partial charge in [0.1, 0.15) is 10.7 Å². The lowest BCUT2D eigenvalue weighted by atomic mass is 9.99. The van der Waals surface area contributed by atoms with Gasteiger partial charge in [-0.25, -0.2) is 12.8 Å². The Morgan fingerprint density at radius 2 is 1.93 bits per heavy atom. The first-order valence-corrected chi connectivity index (χ1v) is 11.7. The second kappa shape index (κ2) is 10.9. The number of amides is 1. The summed E-state index contributed by atoms with van der Waals surface area (Å²) in [5.74, 6) is -0.206. The lowest BCUT2D eigenvalue weighted by Gasteiger charge is -2.31. The highest BCUT2D eigenvalue weighted by molar-refractivity contribution is 7.89. The molecule has 1 saturated heterocycles. The minimum Gasteiger partial charge on any atom is -0.351 e. The number of sulfonamides is 1. The zero-order valence-corrected chi connectivity index (χ0v) is 17.7. The Balaban J connectivity index is 1.80. The molecule has 0 aromatic heterocycles. The number of hydrogen-bond acceptors (Lipinski definition) is 3. The lowest BCUT2D eigenvalue weighted by Crippen LogP contribution is -3.15. The van der Waals surface area contributed by atoms with Crippen molar-refractivity contribution in [3.8, 4) is 0 Å². The maximum absolute atomic E-state index is 13.9. The summed E-state index contributed by atoms with van der Waals surface area (Å²) in [6.45, 7) is 7.00. The van der Waals surface area contributed by atoms with E-state index in [9.17, 15) is 17.6 Å².